The van der Waals surface area contributed by atoms with Gasteiger partial charge in [0.1, 0.15) is 24.3 Å². The molecule has 7 fully saturated rings. The van der Waals surface area contributed by atoms with Crippen LogP contribution in [-0.2, 0) is 23.9 Å². The molecule has 0 radical (unpaired) electrons. The van der Waals surface area contributed by atoms with E-state index in [0.717, 1.165) is 100 Å². The molecule has 13 atom stereocenters. The average molecular weight is 880 g/mol. The topological polar surface area (TPSA) is 131 Å². The summed E-state index contributed by atoms with van der Waals surface area (Å²) < 4.78 is 17.4. The number of allylic oxidation sites excluding steroid dienone is 1. The van der Waals surface area contributed by atoms with Crippen LogP contribution in [0.4, 0.5) is 0 Å². The molecule has 2 unspecified atom stereocenters. The van der Waals surface area contributed by atoms with Gasteiger partial charge in [-0.2, -0.15) is 0 Å². The zero-order valence-electron chi connectivity index (χ0n) is 40.4. The molecule has 350 valence electrons. The predicted octanol–water partition coefficient (Wildman–Crippen LogP) is 11.1. The molecule has 2 heterocycles. The third-order valence-corrected chi connectivity index (χ3v) is 20.7. The summed E-state index contributed by atoms with van der Waals surface area (Å²) in [4.78, 5) is 52.0. The van der Waals surface area contributed by atoms with Crippen molar-refractivity contribution < 1.29 is 33.7 Å². The van der Waals surface area contributed by atoms with Crippen LogP contribution >= 0.6 is 0 Å². The number of hydrogen-bond donors (Lipinski definition) is 2. The molecule has 6 saturated carbocycles. The van der Waals surface area contributed by atoms with Gasteiger partial charge in [0, 0.05) is 19.1 Å². The molecule has 2 aromatic rings. The highest BCUT2D eigenvalue weighted by Crippen LogP contribution is 2.78. The summed E-state index contributed by atoms with van der Waals surface area (Å²) in [6.07, 6.45) is 14.4. The Bertz CT molecular complexity index is 2140. The van der Waals surface area contributed by atoms with E-state index in [1.54, 1.807) is 7.11 Å². The maximum absolute atomic E-state index is 15.7. The van der Waals surface area contributed by atoms with Crippen LogP contribution in [0.2, 0.25) is 0 Å². The Labute approximate surface area is 382 Å². The van der Waals surface area contributed by atoms with Crippen LogP contribution in [0.3, 0.4) is 0 Å². The maximum Gasteiger partial charge on any atom is 0.309 e. The number of nitrogens with zero attached hydrogens (tertiary/aromatic N) is 2. The first kappa shape index (κ1) is 45.5. The minimum atomic E-state index is -0.821. The van der Waals surface area contributed by atoms with Crippen LogP contribution in [0.5, 0.6) is 5.75 Å². The molecule has 1 aromatic carbocycles. The summed E-state index contributed by atoms with van der Waals surface area (Å²) >= 11 is 0. The number of aliphatic carboxylic acids is 1. The number of amides is 1. The minimum Gasteiger partial charge on any atom is -0.491 e. The van der Waals surface area contributed by atoms with Gasteiger partial charge in [-0.25, -0.2) is 4.98 Å². The van der Waals surface area contributed by atoms with Gasteiger partial charge in [0.2, 0.25) is 5.91 Å². The van der Waals surface area contributed by atoms with Gasteiger partial charge < -0.3 is 29.2 Å². The summed E-state index contributed by atoms with van der Waals surface area (Å²) in [7, 11) is 1.67. The van der Waals surface area contributed by atoms with Crippen molar-refractivity contribution in [2.75, 3.05) is 26.9 Å². The summed E-state index contributed by atoms with van der Waals surface area (Å²) in [6.45, 7) is 25.0. The van der Waals surface area contributed by atoms with E-state index >= 15 is 4.79 Å². The van der Waals surface area contributed by atoms with Crippen LogP contribution in [0, 0.1) is 73.9 Å². The lowest BCUT2D eigenvalue weighted by atomic mass is 9.32. The molecular formula is C54H77N3O7. The third-order valence-electron chi connectivity index (χ3n) is 20.7. The first-order valence-corrected chi connectivity index (χ1v) is 24.9. The van der Waals surface area contributed by atoms with Gasteiger partial charge in [-0.05, 0) is 171 Å². The highest BCUT2D eigenvalue weighted by atomic mass is 16.5. The summed E-state index contributed by atoms with van der Waals surface area (Å²) in [5.74, 6) is 2.17. The average Bonchev–Trinajstić information content (AvgIpc) is 4.02. The third kappa shape index (κ3) is 6.69. The van der Waals surface area contributed by atoms with Crippen molar-refractivity contribution in [3.05, 3.63) is 48.4 Å². The van der Waals surface area contributed by atoms with Gasteiger partial charge in [0.15, 0.2) is 0 Å². The molecular weight excluding hydrogens is 803 g/mol. The normalized spacial score (nSPS) is 40.5. The Morgan fingerprint density at radius 3 is 2.28 bits per heavy atom. The fourth-order valence-electron chi connectivity index (χ4n) is 16.9. The zero-order chi connectivity index (χ0) is 45.8. The van der Waals surface area contributed by atoms with Gasteiger partial charge in [-0.1, -0.05) is 60.6 Å². The Morgan fingerprint density at radius 2 is 1.59 bits per heavy atom. The number of ether oxygens (including phenoxy) is 3. The fourth-order valence-corrected chi connectivity index (χ4v) is 16.9. The number of fused-ring (bicyclic) bond motifs is 7. The van der Waals surface area contributed by atoms with E-state index in [0.29, 0.717) is 49.2 Å². The first-order valence-electron chi connectivity index (χ1n) is 24.9. The fraction of sp³-hybridized carbons (Fsp3) is 0.741. The van der Waals surface area contributed by atoms with Crippen molar-refractivity contribution in [2.24, 2.45) is 73.9 Å². The van der Waals surface area contributed by atoms with E-state index in [-0.39, 0.29) is 51.6 Å². The molecule has 1 amide bonds. The number of rotatable bonds is 11. The van der Waals surface area contributed by atoms with E-state index in [1.807, 2.05) is 32.2 Å². The molecule has 9 rings (SSSR count). The molecule has 10 heteroatoms. The number of benzene rings is 1. The van der Waals surface area contributed by atoms with Crippen LogP contribution in [0.1, 0.15) is 151 Å². The summed E-state index contributed by atoms with van der Waals surface area (Å²) in [5.41, 5.74) is 2.36. The number of likely N-dealkylation sites (tertiary alicyclic amines) is 1. The van der Waals surface area contributed by atoms with Crippen LogP contribution in [0.25, 0.3) is 11.3 Å². The van der Waals surface area contributed by atoms with E-state index in [2.05, 4.69) is 70.1 Å². The molecule has 1 aromatic heterocycles. The van der Waals surface area contributed by atoms with Crippen LogP contribution in [-0.4, -0.2) is 70.8 Å². The molecule has 2 N–H and O–H groups in total. The molecule has 10 nitrogen and oxygen atoms in total. The lowest BCUT2D eigenvalue weighted by Gasteiger charge is -2.73. The van der Waals surface area contributed by atoms with Crippen molar-refractivity contribution in [3.8, 4) is 17.0 Å². The Balaban J connectivity index is 0.940. The molecule has 7 aliphatic rings. The van der Waals surface area contributed by atoms with Crippen molar-refractivity contribution in [3.63, 3.8) is 0 Å². The van der Waals surface area contributed by atoms with Gasteiger partial charge in [0.25, 0.3) is 0 Å². The van der Waals surface area contributed by atoms with Crippen LogP contribution in [0.15, 0.2) is 42.6 Å². The first-order chi connectivity index (χ1) is 30.2. The Morgan fingerprint density at radius 1 is 0.844 bits per heavy atom. The van der Waals surface area contributed by atoms with Crippen molar-refractivity contribution in [1.82, 2.24) is 14.9 Å². The number of esters is 1. The highest BCUT2D eigenvalue weighted by Gasteiger charge is 2.72. The maximum atomic E-state index is 15.7. The Hall–Kier alpha value is -3.66. The predicted molar refractivity (Wildman–Crippen MR) is 247 cm³/mol. The second-order valence-corrected chi connectivity index (χ2v) is 23.8. The number of carbonyl (C=O) groups is 3. The number of nitrogens with one attached hydrogen (secondary N) is 1. The monoisotopic (exact) mass is 880 g/mol. The summed E-state index contributed by atoms with van der Waals surface area (Å²) in [6, 6.07) is 8.01. The largest absolute Gasteiger partial charge is 0.491 e. The van der Waals surface area contributed by atoms with Gasteiger partial charge >= 0.3 is 11.9 Å². The van der Waals surface area contributed by atoms with Gasteiger partial charge in [-0.15, -0.1) is 0 Å². The molecule has 1 aliphatic heterocycles. The number of imidazole rings is 1. The van der Waals surface area contributed by atoms with Gasteiger partial charge in [0.05, 0.1) is 41.8 Å². The number of carbonyl (C=O) groups excluding carboxylic acids is 2. The van der Waals surface area contributed by atoms with E-state index in [9.17, 15) is 14.7 Å². The van der Waals surface area contributed by atoms with Crippen LogP contribution < -0.4 is 4.74 Å². The van der Waals surface area contributed by atoms with Crippen molar-refractivity contribution in [2.45, 2.75) is 151 Å². The van der Waals surface area contributed by atoms with E-state index < -0.39 is 22.7 Å². The number of methoxy groups -OCH3 is 1. The standard InChI is InChI=1S/C54H77N3O7/c1-32(2)35-19-24-54(48(61)57-27-11-12-40(57)45-55-31-39(56-45)33-13-15-34(16-14-33)63-29-28-62-10)26-25-52(8)36(44(35)54)17-18-42-51(7)22-21-43(50(5,6)41(51)20-23-53(42,52)9)64-47(60)38-30-37(46(58)59)49(38,3)4/h13-16,31,35-38,40-44H,1,11-12,17-30H2,2-10H3,(H,55,56)(H,58,59)/t35-,36+,37?,38?,40-,41-,42+,43-,44+,51-,52+,53+,54-/m0/s1. The molecule has 0 bridgehead atoms. The van der Waals surface area contributed by atoms with Crippen molar-refractivity contribution in [1.29, 1.82) is 0 Å². The summed E-state index contributed by atoms with van der Waals surface area (Å²) in [5, 5.41) is 9.73. The SMILES string of the molecule is C=C(C)[C@@H]1CC[C@]2(C(=O)N3CCC[C@H]3c3ncc(-c4ccc(OCCOC)cc4)[nH]3)CC[C@]3(C)[C@H](CC[C@@H]4[C@@]5(C)CC[C@H](OC(=O)C6CC(C(=O)O)C6(C)C)C(C)(C)[C@@H]5CC[C@]43C)[C@@H]12. The smallest absolute Gasteiger partial charge is 0.309 e. The van der Waals surface area contributed by atoms with E-state index in [4.69, 9.17) is 19.2 Å². The number of carboxylic acid groups (broad SMARTS) is 1. The number of aromatic amines is 1. The highest BCUT2D eigenvalue weighted by molar-refractivity contribution is 5.85. The quantitative estimate of drug-likeness (QED) is 0.130. The Kier molecular flexibility index (Phi) is 11.4. The molecule has 1 saturated heterocycles. The number of carboxylic acids is 1. The second-order valence-electron chi connectivity index (χ2n) is 23.8. The van der Waals surface area contributed by atoms with Crippen molar-refractivity contribution >= 4 is 17.8 Å². The molecule has 64 heavy (non-hydrogen) atoms. The molecule has 0 spiro atoms. The number of H-pyrrole nitrogens is 1. The number of hydrogen-bond acceptors (Lipinski definition) is 7. The van der Waals surface area contributed by atoms with Gasteiger partial charge in [-0.3, -0.25) is 14.4 Å². The molecule has 6 aliphatic carbocycles. The minimum absolute atomic E-state index is 0.0618. The van der Waals surface area contributed by atoms with E-state index in [1.165, 1.54) is 12.0 Å². The lowest BCUT2D eigenvalue weighted by Crippen LogP contribution is -2.67. The lowest BCUT2D eigenvalue weighted by molar-refractivity contribution is -0.251. The second kappa shape index (κ2) is 16.0. The number of aromatic nitrogens is 2. The zero-order valence-corrected chi connectivity index (χ0v) is 40.4.